The molecule has 1 aromatic carbocycles. The molecule has 5 heteroatoms. The molecule has 0 aromatic heterocycles. The van der Waals surface area contributed by atoms with Gasteiger partial charge in [0.2, 0.25) is 0 Å². The van der Waals surface area contributed by atoms with Crippen molar-refractivity contribution in [2.45, 2.75) is 0 Å². The lowest BCUT2D eigenvalue weighted by Gasteiger charge is -2.08. The second-order valence-electron chi connectivity index (χ2n) is 2.94. The van der Waals surface area contributed by atoms with Crippen LogP contribution in [0.2, 0.25) is 0 Å². The highest BCUT2D eigenvalue weighted by Gasteiger charge is 2.29. The van der Waals surface area contributed by atoms with E-state index in [9.17, 15) is 9.36 Å². The molecule has 0 saturated carbocycles. The number of carbonyl (C=O) groups excluding carboxylic acids is 1. The largest absolute Gasteiger partial charge is 0.400 e. The van der Waals surface area contributed by atoms with Gasteiger partial charge in [0.15, 0.2) is 0 Å². The minimum absolute atomic E-state index is 0.665. The van der Waals surface area contributed by atoms with Crippen LogP contribution in [0.4, 0.5) is 0 Å². The Balaban J connectivity index is 2.79. The summed E-state index contributed by atoms with van der Waals surface area (Å²) in [7, 11) is -1.28. The van der Waals surface area contributed by atoms with Crippen molar-refractivity contribution in [3.63, 3.8) is 0 Å². The molecule has 0 spiro atoms. The van der Waals surface area contributed by atoms with E-state index in [1.165, 1.54) is 20.3 Å². The second-order valence-corrected chi connectivity index (χ2v) is 5.11. The lowest BCUT2D eigenvalue weighted by Crippen LogP contribution is -1.99. The molecule has 0 radical (unpaired) electrons. The molecule has 0 fully saturated rings. The molecule has 4 nitrogen and oxygen atoms in total. The van der Waals surface area contributed by atoms with Gasteiger partial charge >= 0.3 is 7.60 Å². The molecular formula is C11H13O4P. The van der Waals surface area contributed by atoms with E-state index in [0.717, 1.165) is 5.56 Å². The molecule has 0 atom stereocenters. The summed E-state index contributed by atoms with van der Waals surface area (Å²) in [6, 6.07) is 9.21. The van der Waals surface area contributed by atoms with Crippen LogP contribution in [0.15, 0.2) is 36.4 Å². The van der Waals surface area contributed by atoms with Crippen LogP contribution in [-0.2, 0) is 18.4 Å². The lowest BCUT2D eigenvalue weighted by molar-refractivity contribution is -0.109. The van der Waals surface area contributed by atoms with Crippen molar-refractivity contribution < 1.29 is 18.4 Å². The highest BCUT2D eigenvalue weighted by Crippen LogP contribution is 2.47. The standard InChI is InChI=1S/C11H13O4P/c1-14-16(13,15-2)11(12)9-8-10-6-4-3-5-7-10/h3-9H,1-2H3/b9-8+. The SMILES string of the molecule is COP(=O)(OC)C(=O)/C=C/c1ccccc1. The molecule has 1 aromatic rings. The summed E-state index contributed by atoms with van der Waals surface area (Å²) in [5, 5.41) is 0. The van der Waals surface area contributed by atoms with Crippen LogP contribution in [0.3, 0.4) is 0 Å². The van der Waals surface area contributed by atoms with Crippen molar-refractivity contribution in [1.29, 1.82) is 0 Å². The van der Waals surface area contributed by atoms with Gasteiger partial charge in [0.1, 0.15) is 0 Å². The van der Waals surface area contributed by atoms with Crippen LogP contribution in [0, 0.1) is 0 Å². The molecule has 0 aliphatic rings. The van der Waals surface area contributed by atoms with Crippen molar-refractivity contribution in [1.82, 2.24) is 0 Å². The van der Waals surface area contributed by atoms with E-state index in [-0.39, 0.29) is 0 Å². The van der Waals surface area contributed by atoms with E-state index in [1.54, 1.807) is 6.08 Å². The van der Waals surface area contributed by atoms with Crippen molar-refractivity contribution in [2.24, 2.45) is 0 Å². The van der Waals surface area contributed by atoms with Gasteiger partial charge in [-0.15, -0.1) is 0 Å². The summed E-state index contributed by atoms with van der Waals surface area (Å²) in [4.78, 5) is 11.5. The molecule has 0 saturated heterocycles. The molecule has 0 aliphatic heterocycles. The minimum Gasteiger partial charge on any atom is -0.306 e. The van der Waals surface area contributed by atoms with E-state index < -0.39 is 13.1 Å². The molecular weight excluding hydrogens is 227 g/mol. The van der Waals surface area contributed by atoms with Crippen LogP contribution >= 0.6 is 7.60 Å². The number of rotatable bonds is 5. The van der Waals surface area contributed by atoms with E-state index in [4.69, 9.17) is 0 Å². The maximum atomic E-state index is 11.6. The highest BCUT2D eigenvalue weighted by molar-refractivity contribution is 7.72. The summed E-state index contributed by atoms with van der Waals surface area (Å²) >= 11 is 0. The van der Waals surface area contributed by atoms with E-state index in [0.29, 0.717) is 0 Å². The third-order valence-electron chi connectivity index (χ3n) is 1.97. The van der Waals surface area contributed by atoms with E-state index in [2.05, 4.69) is 9.05 Å². The fourth-order valence-corrected chi connectivity index (χ4v) is 1.84. The molecule has 16 heavy (non-hydrogen) atoms. The van der Waals surface area contributed by atoms with Crippen LogP contribution in [-0.4, -0.2) is 19.7 Å². The van der Waals surface area contributed by atoms with Crippen LogP contribution in [0.5, 0.6) is 0 Å². The molecule has 0 bridgehead atoms. The predicted molar refractivity (Wildman–Crippen MR) is 62.1 cm³/mol. The van der Waals surface area contributed by atoms with Gasteiger partial charge in [-0.05, 0) is 11.6 Å². The van der Waals surface area contributed by atoms with Gasteiger partial charge in [-0.25, -0.2) is 0 Å². The molecule has 86 valence electrons. The highest BCUT2D eigenvalue weighted by atomic mass is 31.2. The van der Waals surface area contributed by atoms with Crippen molar-refractivity contribution in [3.05, 3.63) is 42.0 Å². The zero-order chi connectivity index (χ0) is 12.0. The van der Waals surface area contributed by atoms with Gasteiger partial charge in [-0.3, -0.25) is 9.36 Å². The topological polar surface area (TPSA) is 52.6 Å². The van der Waals surface area contributed by atoms with Gasteiger partial charge in [-0.1, -0.05) is 36.4 Å². The van der Waals surface area contributed by atoms with Gasteiger partial charge in [-0.2, -0.15) is 0 Å². The zero-order valence-corrected chi connectivity index (χ0v) is 10.0. The Morgan fingerprint density at radius 1 is 1.19 bits per heavy atom. The monoisotopic (exact) mass is 240 g/mol. The van der Waals surface area contributed by atoms with Crippen LogP contribution in [0.1, 0.15) is 5.56 Å². The van der Waals surface area contributed by atoms with Crippen molar-refractivity contribution in [2.75, 3.05) is 14.2 Å². The van der Waals surface area contributed by atoms with E-state index >= 15 is 0 Å². The number of allylic oxidation sites excluding steroid dienone is 1. The summed E-state index contributed by atoms with van der Waals surface area (Å²) in [5.74, 6) is 0. The fraction of sp³-hybridized carbons (Fsp3) is 0.182. The predicted octanol–water partition coefficient (Wildman–Crippen LogP) is 2.71. The number of hydrogen-bond donors (Lipinski definition) is 0. The Morgan fingerprint density at radius 2 is 1.75 bits per heavy atom. The van der Waals surface area contributed by atoms with Gasteiger partial charge in [0.05, 0.1) is 0 Å². The molecule has 1 rings (SSSR count). The first kappa shape index (κ1) is 12.8. The molecule has 0 amide bonds. The summed E-state index contributed by atoms with van der Waals surface area (Å²) in [6.07, 6.45) is 2.76. The average molecular weight is 240 g/mol. The first-order chi connectivity index (χ1) is 7.62. The van der Waals surface area contributed by atoms with Gasteiger partial charge in [0, 0.05) is 14.2 Å². The van der Waals surface area contributed by atoms with Gasteiger partial charge in [0.25, 0.3) is 5.52 Å². The molecule has 0 heterocycles. The Morgan fingerprint density at radius 3 is 2.25 bits per heavy atom. The average Bonchev–Trinajstić information content (AvgIpc) is 2.36. The Labute approximate surface area is 94.4 Å². The summed E-state index contributed by atoms with van der Waals surface area (Å²) in [6.45, 7) is 0. The van der Waals surface area contributed by atoms with Crippen molar-refractivity contribution in [3.8, 4) is 0 Å². The molecule has 0 N–H and O–H groups in total. The third-order valence-corrected chi connectivity index (χ3v) is 3.62. The summed E-state index contributed by atoms with van der Waals surface area (Å²) in [5.41, 5.74) is 0.177. The molecule has 0 aliphatic carbocycles. The first-order valence-electron chi connectivity index (χ1n) is 4.61. The number of benzene rings is 1. The Kier molecular flexibility index (Phi) is 4.62. The number of hydrogen-bond acceptors (Lipinski definition) is 4. The Hall–Kier alpha value is -1.22. The van der Waals surface area contributed by atoms with Crippen molar-refractivity contribution >= 4 is 19.2 Å². The Bertz CT molecular complexity index is 417. The normalized spacial score (nSPS) is 11.9. The molecule has 0 unspecified atom stereocenters. The maximum absolute atomic E-state index is 11.6. The minimum atomic E-state index is -3.63. The summed E-state index contributed by atoms with van der Waals surface area (Å²) < 4.78 is 20.8. The van der Waals surface area contributed by atoms with E-state index in [1.807, 2.05) is 30.3 Å². The van der Waals surface area contributed by atoms with Crippen LogP contribution < -0.4 is 0 Å². The van der Waals surface area contributed by atoms with Gasteiger partial charge < -0.3 is 9.05 Å². The number of carbonyl (C=O) groups is 1. The van der Waals surface area contributed by atoms with Crippen LogP contribution in [0.25, 0.3) is 6.08 Å². The third kappa shape index (κ3) is 3.14. The smallest absolute Gasteiger partial charge is 0.306 e. The lowest BCUT2D eigenvalue weighted by atomic mass is 10.2. The zero-order valence-electron chi connectivity index (χ0n) is 9.12. The quantitative estimate of drug-likeness (QED) is 0.586. The maximum Gasteiger partial charge on any atom is 0.400 e. The fourth-order valence-electron chi connectivity index (χ4n) is 1.08. The second kappa shape index (κ2) is 5.75. The first-order valence-corrected chi connectivity index (χ1v) is 6.16.